The number of pyridine rings is 1. The zero-order valence-electron chi connectivity index (χ0n) is 27.3. The number of nitrogens with two attached hydrogens (primary N) is 1. The number of aromatic nitrogens is 1. The summed E-state index contributed by atoms with van der Waals surface area (Å²) in [6.07, 6.45) is 5.99. The molecule has 0 saturated heterocycles. The lowest BCUT2D eigenvalue weighted by Crippen LogP contribution is -2.32. The van der Waals surface area contributed by atoms with E-state index in [1.807, 2.05) is 24.3 Å². The molecule has 1 aliphatic heterocycles. The van der Waals surface area contributed by atoms with Crippen molar-refractivity contribution in [3.05, 3.63) is 172 Å². The first-order valence-electron chi connectivity index (χ1n) is 16.4. The van der Waals surface area contributed by atoms with E-state index >= 15 is 0 Å². The van der Waals surface area contributed by atoms with Gasteiger partial charge in [-0.25, -0.2) is 9.38 Å². The van der Waals surface area contributed by atoms with Gasteiger partial charge in [0.25, 0.3) is 0 Å². The van der Waals surface area contributed by atoms with Gasteiger partial charge in [0, 0.05) is 33.3 Å². The fraction of sp³-hybridized carbons (Fsp3) is 0.0930. The Morgan fingerprint density at radius 3 is 2.14 bits per heavy atom. The van der Waals surface area contributed by atoms with E-state index in [0.29, 0.717) is 0 Å². The van der Waals surface area contributed by atoms with Crippen molar-refractivity contribution in [2.45, 2.75) is 26.1 Å². The molecule has 1 aliphatic carbocycles. The molecule has 238 valence electrons. The summed E-state index contributed by atoms with van der Waals surface area (Å²) in [4.78, 5) is 10.3. The molecule has 5 aromatic carbocycles. The minimum Gasteiger partial charge on any atom is -0.360 e. The summed E-state index contributed by atoms with van der Waals surface area (Å²) in [6.45, 7) is 4.22. The Hall–Kier alpha value is -5.56. The highest BCUT2D eigenvalue weighted by Crippen LogP contribution is 2.36. The van der Waals surface area contributed by atoms with Crippen LogP contribution < -0.4 is 11.1 Å². The predicted octanol–water partition coefficient (Wildman–Crippen LogP) is 9.31. The highest BCUT2D eigenvalue weighted by atomic mass is 32.1. The van der Waals surface area contributed by atoms with E-state index in [2.05, 4.69) is 152 Å². The predicted molar refractivity (Wildman–Crippen MR) is 208 cm³/mol. The van der Waals surface area contributed by atoms with Crippen molar-refractivity contribution in [2.24, 2.45) is 15.1 Å². The summed E-state index contributed by atoms with van der Waals surface area (Å²) in [5.41, 5.74) is 22.0. The van der Waals surface area contributed by atoms with Gasteiger partial charge in [0.15, 0.2) is 0 Å². The van der Waals surface area contributed by atoms with E-state index in [9.17, 15) is 0 Å². The smallest absolute Gasteiger partial charge is 0.145 e. The number of aliphatic imine (C=N–C) groups is 1. The summed E-state index contributed by atoms with van der Waals surface area (Å²) < 4.78 is 4.30. The third-order valence-electron chi connectivity index (χ3n) is 9.33. The first-order chi connectivity index (χ1) is 23.9. The van der Waals surface area contributed by atoms with Crippen molar-refractivity contribution in [2.75, 3.05) is 0 Å². The average molecular weight is 654 g/mol. The summed E-state index contributed by atoms with van der Waals surface area (Å²) in [7, 11) is 0. The second-order valence-corrected chi connectivity index (χ2v) is 12.9. The topological polar surface area (TPSA) is 75.7 Å². The largest absolute Gasteiger partial charge is 0.360 e. The van der Waals surface area contributed by atoms with Crippen molar-refractivity contribution >= 4 is 46.9 Å². The fourth-order valence-electron chi connectivity index (χ4n) is 6.64. The summed E-state index contributed by atoms with van der Waals surface area (Å²) in [5, 5.41) is 4.70. The average Bonchev–Trinajstić information content (AvgIpc) is 3.15. The number of thiol groups is 1. The molecule has 0 saturated carbocycles. The number of hydrogen-bond acceptors (Lipinski definition) is 6. The van der Waals surface area contributed by atoms with E-state index in [0.717, 1.165) is 78.2 Å². The van der Waals surface area contributed by atoms with E-state index in [1.165, 1.54) is 11.1 Å². The SMILES string of the molecule is Cc1ccc(C2=CC(c3cccc(-c4ccc(-c5nc6ccccc6c6c5C=CC(N)/C6=N\S)cc4)c3)=NC(c3ccc(C)cc3)N2)cc1. The lowest BCUT2D eigenvalue weighted by Gasteiger charge is -2.25. The van der Waals surface area contributed by atoms with Gasteiger partial charge < -0.3 is 11.1 Å². The molecule has 2 heterocycles. The quantitative estimate of drug-likeness (QED) is 0.162. The van der Waals surface area contributed by atoms with Gasteiger partial charge in [-0.2, -0.15) is 0 Å². The van der Waals surface area contributed by atoms with Gasteiger partial charge in [0.1, 0.15) is 6.17 Å². The molecule has 5 nitrogen and oxygen atoms in total. The second-order valence-electron chi connectivity index (χ2n) is 12.7. The normalized spacial score (nSPS) is 17.8. The molecule has 0 bridgehead atoms. The van der Waals surface area contributed by atoms with Crippen LogP contribution in [0.5, 0.6) is 0 Å². The van der Waals surface area contributed by atoms with Crippen LogP contribution in [-0.4, -0.2) is 22.4 Å². The van der Waals surface area contributed by atoms with Gasteiger partial charge in [0.05, 0.1) is 28.7 Å². The molecule has 49 heavy (non-hydrogen) atoms. The highest BCUT2D eigenvalue weighted by Gasteiger charge is 2.25. The number of hydrogen-bond donors (Lipinski definition) is 3. The monoisotopic (exact) mass is 653 g/mol. The number of nitrogens with one attached hydrogen (secondary N) is 1. The molecule has 0 fully saturated rings. The van der Waals surface area contributed by atoms with Gasteiger partial charge in [0.2, 0.25) is 0 Å². The Labute approximate surface area is 292 Å². The Morgan fingerprint density at radius 1 is 0.714 bits per heavy atom. The lowest BCUT2D eigenvalue weighted by atomic mass is 9.87. The van der Waals surface area contributed by atoms with Crippen LogP contribution in [0.2, 0.25) is 0 Å². The lowest BCUT2D eigenvalue weighted by molar-refractivity contribution is 0.664. The van der Waals surface area contributed by atoms with Gasteiger partial charge in [-0.1, -0.05) is 132 Å². The van der Waals surface area contributed by atoms with Crippen LogP contribution in [0.3, 0.4) is 0 Å². The number of benzene rings is 5. The third kappa shape index (κ3) is 5.90. The number of fused-ring (bicyclic) bond motifs is 3. The molecular formula is C43H35N5S. The molecule has 2 aliphatic rings. The molecule has 0 spiro atoms. The third-order valence-corrected chi connectivity index (χ3v) is 9.54. The van der Waals surface area contributed by atoms with E-state index < -0.39 is 0 Å². The second kappa shape index (κ2) is 12.8. The molecule has 6 heteroatoms. The van der Waals surface area contributed by atoms with E-state index in [1.54, 1.807) is 0 Å². The molecule has 3 N–H and O–H groups in total. The van der Waals surface area contributed by atoms with Crippen LogP contribution in [0, 0.1) is 13.8 Å². The summed E-state index contributed by atoms with van der Waals surface area (Å²) in [5.74, 6) is 0. The van der Waals surface area contributed by atoms with Crippen molar-refractivity contribution in [3.63, 3.8) is 0 Å². The Bertz CT molecular complexity index is 2330. The number of nitrogens with zero attached hydrogens (tertiary/aromatic N) is 3. The molecule has 0 radical (unpaired) electrons. The molecule has 8 rings (SSSR count). The van der Waals surface area contributed by atoms with Gasteiger partial charge in [-0.15, -0.1) is 0 Å². The van der Waals surface area contributed by atoms with Crippen molar-refractivity contribution in [1.82, 2.24) is 10.3 Å². The number of para-hydroxylation sites is 1. The van der Waals surface area contributed by atoms with E-state index in [4.69, 9.17) is 15.7 Å². The minimum atomic E-state index is -0.321. The Morgan fingerprint density at radius 2 is 1.39 bits per heavy atom. The summed E-state index contributed by atoms with van der Waals surface area (Å²) >= 11 is 4.29. The molecular weight excluding hydrogens is 619 g/mol. The first-order valence-corrected chi connectivity index (χ1v) is 16.8. The van der Waals surface area contributed by atoms with Crippen molar-refractivity contribution < 1.29 is 0 Å². The minimum absolute atomic E-state index is 0.197. The highest BCUT2D eigenvalue weighted by molar-refractivity contribution is 7.79. The molecule has 2 atom stereocenters. The zero-order chi connectivity index (χ0) is 33.5. The molecule has 2 unspecified atom stereocenters. The van der Waals surface area contributed by atoms with Crippen molar-refractivity contribution in [3.8, 4) is 22.4 Å². The van der Waals surface area contributed by atoms with Crippen LogP contribution in [0.1, 0.15) is 45.1 Å². The maximum atomic E-state index is 6.42. The Kier molecular flexibility index (Phi) is 8.04. The van der Waals surface area contributed by atoms with Gasteiger partial charge in [-0.05, 0) is 67.1 Å². The van der Waals surface area contributed by atoms with Crippen LogP contribution >= 0.6 is 12.8 Å². The maximum absolute atomic E-state index is 6.42. The standard InChI is InChI=1S/C43H35N5S/c1-26-10-14-29(15-11-26)38-25-39(47-43(46-38)31-16-12-27(2)13-17-31)33-7-5-6-32(24-33)28-18-20-30(21-19-28)41-35-22-23-36(44)42(48-49)40(35)34-8-3-4-9-37(34)45-41/h3-25,36,43,46,49H,44H2,1-2H3/b48-42+. The maximum Gasteiger partial charge on any atom is 0.145 e. The van der Waals surface area contributed by atoms with Crippen LogP contribution in [0.4, 0.5) is 0 Å². The van der Waals surface area contributed by atoms with Gasteiger partial charge >= 0.3 is 0 Å². The zero-order valence-corrected chi connectivity index (χ0v) is 28.2. The van der Waals surface area contributed by atoms with Gasteiger partial charge in [-0.3, -0.25) is 4.99 Å². The Balaban J connectivity index is 1.17. The van der Waals surface area contributed by atoms with E-state index in [-0.39, 0.29) is 12.2 Å². The molecule has 6 aromatic rings. The molecule has 0 amide bonds. The van der Waals surface area contributed by atoms with Crippen LogP contribution in [0.15, 0.2) is 143 Å². The number of allylic oxidation sites excluding steroid dienone is 1. The number of aryl methyl sites for hydroxylation is 2. The van der Waals surface area contributed by atoms with Crippen LogP contribution in [-0.2, 0) is 0 Å². The first kappa shape index (κ1) is 30.8. The fourth-order valence-corrected chi connectivity index (χ4v) is 6.87. The van der Waals surface area contributed by atoms with Crippen molar-refractivity contribution in [1.29, 1.82) is 0 Å². The van der Waals surface area contributed by atoms with Crippen LogP contribution in [0.25, 0.3) is 45.1 Å². The molecule has 1 aromatic heterocycles. The summed E-state index contributed by atoms with van der Waals surface area (Å²) in [6, 6.07) is 42.3. The number of rotatable bonds is 5.